The Bertz CT molecular complexity index is 530. The van der Waals surface area contributed by atoms with E-state index in [0.29, 0.717) is 5.56 Å². The van der Waals surface area contributed by atoms with Crippen molar-refractivity contribution in [2.75, 3.05) is 0 Å². The number of nitrogens with one attached hydrogen (secondary N) is 1. The van der Waals surface area contributed by atoms with Gasteiger partial charge in [-0.2, -0.15) is 0 Å². The van der Waals surface area contributed by atoms with Crippen LogP contribution >= 0.6 is 43.2 Å². The van der Waals surface area contributed by atoms with Crippen LogP contribution in [0.2, 0.25) is 0 Å². The molecule has 90 valence electrons. The Hall–Kier alpha value is -0.270. The third kappa shape index (κ3) is 2.77. The summed E-state index contributed by atoms with van der Waals surface area (Å²) in [5.74, 6) is 5.26. The van der Waals surface area contributed by atoms with Crippen molar-refractivity contribution in [2.24, 2.45) is 5.84 Å². The Balaban J connectivity index is 2.49. The Labute approximate surface area is 119 Å². The fourth-order valence-electron chi connectivity index (χ4n) is 1.55. The van der Waals surface area contributed by atoms with Gasteiger partial charge in [0.2, 0.25) is 0 Å². The van der Waals surface area contributed by atoms with Crippen molar-refractivity contribution >= 4 is 43.2 Å². The number of hydrazine groups is 1. The van der Waals surface area contributed by atoms with E-state index in [1.54, 1.807) is 12.1 Å². The quantitative estimate of drug-likeness (QED) is 0.625. The topological polar surface area (TPSA) is 38.0 Å². The standard InChI is InChI=1S/C11H9Br2FN2S/c12-6-1-2-9(14)7(5-6)10(16-15)11-8(13)3-4-17-11/h1-5,10,16H,15H2. The van der Waals surface area contributed by atoms with Crippen LogP contribution in [0, 0.1) is 5.82 Å². The van der Waals surface area contributed by atoms with Gasteiger partial charge in [-0.25, -0.2) is 9.82 Å². The molecule has 0 radical (unpaired) electrons. The number of rotatable bonds is 3. The average molecular weight is 380 g/mol. The molecule has 1 aromatic heterocycles. The van der Waals surface area contributed by atoms with Crippen LogP contribution in [0.4, 0.5) is 4.39 Å². The highest BCUT2D eigenvalue weighted by Crippen LogP contribution is 2.34. The third-order valence-corrected chi connectivity index (χ3v) is 4.77. The molecule has 0 bridgehead atoms. The fourth-order valence-corrected chi connectivity index (χ4v) is 3.61. The molecule has 6 heteroatoms. The van der Waals surface area contributed by atoms with Gasteiger partial charge in [0.05, 0.1) is 6.04 Å². The van der Waals surface area contributed by atoms with E-state index in [1.807, 2.05) is 11.4 Å². The minimum Gasteiger partial charge on any atom is -0.271 e. The monoisotopic (exact) mass is 378 g/mol. The molecule has 17 heavy (non-hydrogen) atoms. The minimum atomic E-state index is -0.359. The molecule has 3 N–H and O–H groups in total. The van der Waals surface area contributed by atoms with Gasteiger partial charge in [0.25, 0.3) is 0 Å². The summed E-state index contributed by atoms with van der Waals surface area (Å²) in [4.78, 5) is 0.949. The van der Waals surface area contributed by atoms with Crippen LogP contribution in [0.15, 0.2) is 38.6 Å². The summed E-state index contributed by atoms with van der Waals surface area (Å²) >= 11 is 8.28. The zero-order valence-electron chi connectivity index (χ0n) is 8.58. The molecule has 0 aliphatic heterocycles. The van der Waals surface area contributed by atoms with E-state index in [2.05, 4.69) is 37.3 Å². The lowest BCUT2D eigenvalue weighted by atomic mass is 10.1. The van der Waals surface area contributed by atoms with E-state index in [1.165, 1.54) is 17.4 Å². The molecule has 0 aliphatic carbocycles. The fraction of sp³-hybridized carbons (Fsp3) is 0.0909. The lowest BCUT2D eigenvalue weighted by molar-refractivity contribution is 0.563. The van der Waals surface area contributed by atoms with Gasteiger partial charge in [0.1, 0.15) is 5.82 Å². The molecule has 0 amide bonds. The molecule has 0 spiro atoms. The van der Waals surface area contributed by atoms with Crippen LogP contribution in [-0.4, -0.2) is 0 Å². The molecule has 0 fully saturated rings. The van der Waals surface area contributed by atoms with Crippen LogP contribution in [0.5, 0.6) is 0 Å². The van der Waals surface area contributed by atoms with Crippen LogP contribution in [-0.2, 0) is 0 Å². The number of hydrogen-bond acceptors (Lipinski definition) is 3. The van der Waals surface area contributed by atoms with Gasteiger partial charge in [-0.05, 0) is 45.6 Å². The Morgan fingerprint density at radius 3 is 2.65 bits per heavy atom. The molecule has 0 aliphatic rings. The number of thiophene rings is 1. The van der Waals surface area contributed by atoms with E-state index in [9.17, 15) is 4.39 Å². The van der Waals surface area contributed by atoms with E-state index >= 15 is 0 Å². The maximum absolute atomic E-state index is 13.8. The van der Waals surface area contributed by atoms with Crippen molar-refractivity contribution < 1.29 is 4.39 Å². The molecule has 1 atom stereocenters. The zero-order chi connectivity index (χ0) is 12.4. The first-order valence-electron chi connectivity index (χ1n) is 4.77. The van der Waals surface area contributed by atoms with E-state index in [4.69, 9.17) is 5.84 Å². The number of benzene rings is 1. The molecule has 2 nitrogen and oxygen atoms in total. The minimum absolute atomic E-state index is 0.281. The number of halogens is 3. The molecule has 2 aromatic rings. The van der Waals surface area contributed by atoms with Gasteiger partial charge < -0.3 is 0 Å². The van der Waals surface area contributed by atoms with Crippen LogP contribution in [0.1, 0.15) is 16.5 Å². The normalized spacial score (nSPS) is 12.7. The van der Waals surface area contributed by atoms with Gasteiger partial charge in [0, 0.05) is 19.4 Å². The van der Waals surface area contributed by atoms with E-state index in [0.717, 1.165) is 13.8 Å². The summed E-state index contributed by atoms with van der Waals surface area (Å²) in [7, 11) is 0. The van der Waals surface area contributed by atoms with E-state index < -0.39 is 0 Å². The Morgan fingerprint density at radius 1 is 1.29 bits per heavy atom. The maximum Gasteiger partial charge on any atom is 0.128 e. The highest BCUT2D eigenvalue weighted by Gasteiger charge is 2.20. The second-order valence-corrected chi connectivity index (χ2v) is 6.12. The number of nitrogens with two attached hydrogens (primary N) is 1. The predicted molar refractivity (Wildman–Crippen MR) is 75.3 cm³/mol. The van der Waals surface area contributed by atoms with Crippen molar-refractivity contribution in [1.29, 1.82) is 0 Å². The summed E-state index contributed by atoms with van der Waals surface area (Å²) in [6, 6.07) is 6.37. The Kier molecular flexibility index (Phi) is 4.32. The largest absolute Gasteiger partial charge is 0.271 e. The Morgan fingerprint density at radius 2 is 2.06 bits per heavy atom. The molecule has 0 saturated carbocycles. The highest BCUT2D eigenvalue weighted by molar-refractivity contribution is 9.10. The summed E-state index contributed by atoms with van der Waals surface area (Å²) in [5, 5.41) is 1.93. The second kappa shape index (κ2) is 5.58. The molecule has 0 saturated heterocycles. The summed E-state index contributed by atoms with van der Waals surface area (Å²) in [6.45, 7) is 0. The van der Waals surface area contributed by atoms with Gasteiger partial charge in [-0.3, -0.25) is 5.84 Å². The van der Waals surface area contributed by atoms with Crippen LogP contribution in [0.3, 0.4) is 0 Å². The molecule has 2 rings (SSSR count). The predicted octanol–water partition coefficient (Wildman–Crippen LogP) is 3.96. The zero-order valence-corrected chi connectivity index (χ0v) is 12.6. The second-order valence-electron chi connectivity index (χ2n) is 3.40. The lowest BCUT2D eigenvalue weighted by Gasteiger charge is -2.16. The van der Waals surface area contributed by atoms with Gasteiger partial charge in [-0.1, -0.05) is 15.9 Å². The van der Waals surface area contributed by atoms with Crippen LogP contribution in [0.25, 0.3) is 0 Å². The summed E-state index contributed by atoms with van der Waals surface area (Å²) in [5.41, 5.74) is 3.17. The molecule has 1 heterocycles. The molecular formula is C11H9Br2FN2S. The maximum atomic E-state index is 13.8. The average Bonchev–Trinajstić information content (AvgIpc) is 2.71. The van der Waals surface area contributed by atoms with Crippen LogP contribution < -0.4 is 11.3 Å². The van der Waals surface area contributed by atoms with E-state index in [-0.39, 0.29) is 11.9 Å². The number of hydrogen-bond donors (Lipinski definition) is 2. The molecular weight excluding hydrogens is 371 g/mol. The smallest absolute Gasteiger partial charge is 0.128 e. The SMILES string of the molecule is NNC(c1cc(Br)ccc1F)c1sccc1Br. The van der Waals surface area contributed by atoms with Crippen molar-refractivity contribution in [3.63, 3.8) is 0 Å². The third-order valence-electron chi connectivity index (χ3n) is 2.34. The molecule has 1 aromatic carbocycles. The first-order valence-corrected chi connectivity index (χ1v) is 7.24. The highest BCUT2D eigenvalue weighted by atomic mass is 79.9. The van der Waals surface area contributed by atoms with Crippen molar-refractivity contribution in [2.45, 2.75) is 6.04 Å². The van der Waals surface area contributed by atoms with Gasteiger partial charge in [0.15, 0.2) is 0 Å². The first kappa shape index (κ1) is 13.2. The van der Waals surface area contributed by atoms with Crippen molar-refractivity contribution in [1.82, 2.24) is 5.43 Å². The summed E-state index contributed by atoms with van der Waals surface area (Å²) < 4.78 is 15.5. The first-order chi connectivity index (χ1) is 8.13. The molecule has 1 unspecified atom stereocenters. The van der Waals surface area contributed by atoms with Gasteiger partial charge in [-0.15, -0.1) is 11.3 Å². The van der Waals surface area contributed by atoms with Crippen molar-refractivity contribution in [3.05, 3.63) is 54.8 Å². The summed E-state index contributed by atoms with van der Waals surface area (Å²) in [6.07, 6.45) is 0. The van der Waals surface area contributed by atoms with Gasteiger partial charge >= 0.3 is 0 Å². The van der Waals surface area contributed by atoms with Crippen molar-refractivity contribution in [3.8, 4) is 0 Å². The lowest BCUT2D eigenvalue weighted by Crippen LogP contribution is -2.29.